The van der Waals surface area contributed by atoms with Crippen LogP contribution in [0.2, 0.25) is 5.02 Å². The molecule has 0 saturated heterocycles. The molecule has 1 atom stereocenters. The van der Waals surface area contributed by atoms with Gasteiger partial charge < -0.3 is 9.88 Å². The Bertz CT molecular complexity index is 1600. The largest absolute Gasteiger partial charge is 0.370 e. The lowest BCUT2D eigenvalue weighted by Gasteiger charge is -2.22. The number of rotatable bonds is 6. The SMILES string of the molecule is Cc1nc2cc(F)c(-c3cnc(P(C)(C)=O)nc3)nc2c(N[C@@H](c2cc(C#N)ccc2F)C(F)F)c1Cl. The topological polar surface area (TPSA) is 104 Å². The van der Waals surface area contributed by atoms with E-state index in [1.165, 1.54) is 38.7 Å². The molecule has 0 saturated carbocycles. The summed E-state index contributed by atoms with van der Waals surface area (Å²) in [6.07, 6.45) is -0.622. The van der Waals surface area contributed by atoms with Gasteiger partial charge >= 0.3 is 0 Å². The lowest BCUT2D eigenvalue weighted by molar-refractivity contribution is 0.123. The van der Waals surface area contributed by atoms with Crippen LogP contribution in [-0.4, -0.2) is 39.7 Å². The summed E-state index contributed by atoms with van der Waals surface area (Å²) in [7, 11) is -2.76. The van der Waals surface area contributed by atoms with E-state index in [0.29, 0.717) is 0 Å². The first-order valence-electron chi connectivity index (χ1n) is 10.7. The van der Waals surface area contributed by atoms with E-state index in [4.69, 9.17) is 16.9 Å². The molecule has 0 aliphatic carbocycles. The van der Waals surface area contributed by atoms with Gasteiger partial charge in [0.1, 0.15) is 30.2 Å². The summed E-state index contributed by atoms with van der Waals surface area (Å²) in [5, 5.41) is 11.6. The highest BCUT2D eigenvalue weighted by molar-refractivity contribution is 7.69. The molecule has 0 unspecified atom stereocenters. The number of benzene rings is 1. The minimum atomic E-state index is -3.12. The number of nitriles is 1. The van der Waals surface area contributed by atoms with Crippen molar-refractivity contribution >= 4 is 41.0 Å². The zero-order valence-corrected chi connectivity index (χ0v) is 21.3. The molecule has 4 rings (SSSR count). The molecule has 0 aliphatic rings. The number of alkyl halides is 2. The first kappa shape index (κ1) is 26.5. The number of halogens is 5. The Labute approximate surface area is 213 Å². The molecule has 7 nitrogen and oxygen atoms in total. The van der Waals surface area contributed by atoms with Gasteiger partial charge in [-0.15, -0.1) is 0 Å². The van der Waals surface area contributed by atoms with E-state index < -0.39 is 36.8 Å². The zero-order chi connectivity index (χ0) is 27.1. The molecule has 0 spiro atoms. The lowest BCUT2D eigenvalue weighted by Crippen LogP contribution is -2.21. The van der Waals surface area contributed by atoms with Gasteiger partial charge in [0.2, 0.25) is 0 Å². The highest BCUT2D eigenvalue weighted by Crippen LogP contribution is 2.38. The van der Waals surface area contributed by atoms with Crippen LogP contribution in [0.3, 0.4) is 0 Å². The predicted molar refractivity (Wildman–Crippen MR) is 133 cm³/mol. The molecular formula is C24H18ClF4N6OP. The molecule has 4 aromatic rings. The summed E-state index contributed by atoms with van der Waals surface area (Å²) >= 11 is 6.41. The van der Waals surface area contributed by atoms with Gasteiger partial charge in [0, 0.05) is 29.6 Å². The van der Waals surface area contributed by atoms with Crippen molar-refractivity contribution in [3.8, 4) is 17.3 Å². The second-order valence-corrected chi connectivity index (χ2v) is 12.0. The predicted octanol–water partition coefficient (Wildman–Crippen LogP) is 5.86. The molecular weight excluding hydrogens is 531 g/mol. The molecule has 0 radical (unpaired) electrons. The monoisotopic (exact) mass is 548 g/mol. The average Bonchev–Trinajstić information content (AvgIpc) is 2.84. The third-order valence-electron chi connectivity index (χ3n) is 5.42. The summed E-state index contributed by atoms with van der Waals surface area (Å²) in [5.74, 6) is -1.75. The van der Waals surface area contributed by atoms with E-state index in [1.807, 2.05) is 0 Å². The number of aromatic nitrogens is 4. The summed E-state index contributed by atoms with van der Waals surface area (Å²) in [6.45, 7) is 4.46. The Morgan fingerprint density at radius 1 is 1.08 bits per heavy atom. The third-order valence-corrected chi connectivity index (χ3v) is 7.08. The molecule has 13 heteroatoms. The highest BCUT2D eigenvalue weighted by Gasteiger charge is 2.29. The van der Waals surface area contributed by atoms with E-state index in [2.05, 4.69) is 25.3 Å². The van der Waals surface area contributed by atoms with Crippen LogP contribution in [0.1, 0.15) is 22.9 Å². The fourth-order valence-electron chi connectivity index (χ4n) is 3.60. The molecule has 0 amide bonds. The molecule has 0 bridgehead atoms. The number of nitrogens with zero attached hydrogens (tertiary/aromatic N) is 5. The van der Waals surface area contributed by atoms with Gasteiger partial charge in [-0.2, -0.15) is 5.26 Å². The van der Waals surface area contributed by atoms with Gasteiger partial charge in [-0.25, -0.2) is 37.5 Å². The Morgan fingerprint density at radius 3 is 2.35 bits per heavy atom. The van der Waals surface area contributed by atoms with Crippen LogP contribution in [0.4, 0.5) is 23.2 Å². The Hall–Kier alpha value is -3.61. The fraction of sp³-hybridized carbons (Fsp3) is 0.208. The Balaban J connectivity index is 1.89. The van der Waals surface area contributed by atoms with Crippen molar-refractivity contribution in [1.82, 2.24) is 19.9 Å². The van der Waals surface area contributed by atoms with Gasteiger partial charge in [0.15, 0.2) is 11.4 Å². The first-order chi connectivity index (χ1) is 17.4. The van der Waals surface area contributed by atoms with Crippen LogP contribution >= 0.6 is 18.7 Å². The van der Waals surface area contributed by atoms with Crippen LogP contribution in [-0.2, 0) is 4.57 Å². The van der Waals surface area contributed by atoms with E-state index >= 15 is 4.39 Å². The number of hydrogen-bond acceptors (Lipinski definition) is 7. The summed E-state index contributed by atoms with van der Waals surface area (Å²) in [6, 6.07) is 4.03. The maximum Gasteiger partial charge on any atom is 0.262 e. The zero-order valence-electron chi connectivity index (χ0n) is 19.6. The minimum absolute atomic E-state index is 0.00840. The van der Waals surface area contributed by atoms with Crippen LogP contribution in [0.25, 0.3) is 22.3 Å². The number of anilines is 1. The smallest absolute Gasteiger partial charge is 0.262 e. The van der Waals surface area contributed by atoms with Crippen molar-refractivity contribution in [2.75, 3.05) is 18.6 Å². The highest BCUT2D eigenvalue weighted by atomic mass is 35.5. The van der Waals surface area contributed by atoms with Gasteiger partial charge in [-0.1, -0.05) is 11.6 Å². The van der Waals surface area contributed by atoms with Gasteiger partial charge in [0.05, 0.1) is 33.6 Å². The normalized spacial score (nSPS) is 12.5. The number of fused-ring (bicyclic) bond motifs is 1. The molecule has 3 aromatic heterocycles. The number of pyridine rings is 2. The van der Waals surface area contributed by atoms with Crippen LogP contribution in [0.5, 0.6) is 0 Å². The molecule has 0 aliphatic heterocycles. The third kappa shape index (κ3) is 5.26. The maximum absolute atomic E-state index is 15.0. The van der Waals surface area contributed by atoms with Crippen molar-refractivity contribution in [1.29, 1.82) is 5.26 Å². The van der Waals surface area contributed by atoms with Gasteiger partial charge in [0.25, 0.3) is 6.43 Å². The van der Waals surface area contributed by atoms with E-state index in [-0.39, 0.29) is 49.8 Å². The molecule has 1 N–H and O–H groups in total. The molecule has 0 fully saturated rings. The molecule has 37 heavy (non-hydrogen) atoms. The van der Waals surface area contributed by atoms with Crippen molar-refractivity contribution in [3.05, 3.63) is 70.1 Å². The molecule has 3 heterocycles. The van der Waals surface area contributed by atoms with Crippen molar-refractivity contribution in [2.45, 2.75) is 19.4 Å². The molecule has 190 valence electrons. The second kappa shape index (κ2) is 10.0. The Morgan fingerprint density at radius 2 is 1.76 bits per heavy atom. The van der Waals surface area contributed by atoms with Crippen LogP contribution in [0, 0.1) is 29.9 Å². The standard InChI is InChI=1S/C24H18ClF4N6OP/c1-11-18(25)22(35-20(23(28)29)14-6-12(8-30)4-5-15(14)26)21-17(33-11)7-16(27)19(34-21)13-9-31-24(32-10-13)37(2,3)36/h4-7,9-10,20,23H,1-3H3,(H,33,35)/t20-/m0/s1. The number of hydrogen-bond donors (Lipinski definition) is 1. The molecule has 1 aromatic carbocycles. The van der Waals surface area contributed by atoms with E-state index in [1.54, 1.807) is 6.07 Å². The summed E-state index contributed by atoms with van der Waals surface area (Å²) in [5.41, 5.74) is -0.441. The Kier molecular flexibility index (Phi) is 7.18. The van der Waals surface area contributed by atoms with Crippen LogP contribution in [0.15, 0.2) is 36.7 Å². The maximum atomic E-state index is 15.0. The summed E-state index contributed by atoms with van der Waals surface area (Å²) < 4.78 is 70.1. The van der Waals surface area contributed by atoms with Gasteiger partial charge in [-0.05, 0) is 38.5 Å². The quantitative estimate of drug-likeness (QED) is 0.237. The van der Waals surface area contributed by atoms with Crippen molar-refractivity contribution in [3.63, 3.8) is 0 Å². The number of nitrogens with one attached hydrogen (secondary N) is 1. The van der Waals surface area contributed by atoms with E-state index in [0.717, 1.165) is 18.2 Å². The fourth-order valence-corrected chi connectivity index (χ4v) is 4.46. The minimum Gasteiger partial charge on any atom is -0.370 e. The second-order valence-electron chi connectivity index (χ2n) is 8.50. The lowest BCUT2D eigenvalue weighted by atomic mass is 10.0. The average molecular weight is 549 g/mol. The van der Waals surface area contributed by atoms with Crippen molar-refractivity contribution < 1.29 is 22.1 Å². The summed E-state index contributed by atoms with van der Waals surface area (Å²) in [4.78, 5) is 16.5. The van der Waals surface area contributed by atoms with Crippen LogP contribution < -0.4 is 10.9 Å². The first-order valence-corrected chi connectivity index (χ1v) is 13.7. The van der Waals surface area contributed by atoms with E-state index in [9.17, 15) is 17.7 Å². The number of aryl methyl sites for hydroxylation is 1. The van der Waals surface area contributed by atoms with Crippen molar-refractivity contribution in [2.24, 2.45) is 0 Å². The van der Waals surface area contributed by atoms with Gasteiger partial charge in [-0.3, -0.25) is 0 Å².